The van der Waals surface area contributed by atoms with E-state index in [2.05, 4.69) is 21.2 Å². The summed E-state index contributed by atoms with van der Waals surface area (Å²) in [6.07, 6.45) is 1.71. The Morgan fingerprint density at radius 3 is 2.83 bits per heavy atom. The first kappa shape index (κ1) is 12.8. The van der Waals surface area contributed by atoms with Crippen LogP contribution in [0, 0.1) is 5.82 Å². The van der Waals surface area contributed by atoms with Gasteiger partial charge in [0.1, 0.15) is 5.82 Å². The fraction of sp³-hybridized carbons (Fsp3) is 0.154. The van der Waals surface area contributed by atoms with Crippen molar-refractivity contribution in [3.8, 4) is 0 Å². The molecule has 0 amide bonds. The molecule has 0 aliphatic carbocycles. The van der Waals surface area contributed by atoms with E-state index in [-0.39, 0.29) is 11.4 Å². The van der Waals surface area contributed by atoms with E-state index in [0.29, 0.717) is 23.2 Å². The second kappa shape index (κ2) is 5.82. The summed E-state index contributed by atoms with van der Waals surface area (Å²) in [6.45, 7) is 0.984. The fourth-order valence-electron chi connectivity index (χ4n) is 1.59. The number of aromatic nitrogens is 1. The molecule has 0 spiro atoms. The summed E-state index contributed by atoms with van der Waals surface area (Å²) in [5.74, 6) is -0.315. The van der Waals surface area contributed by atoms with Gasteiger partial charge in [-0.05, 0) is 24.3 Å². The molecule has 0 fully saturated rings. The molecule has 1 aromatic carbocycles. The molecule has 0 atom stereocenters. The van der Waals surface area contributed by atoms with Crippen LogP contribution >= 0.6 is 15.9 Å². The van der Waals surface area contributed by atoms with Crippen molar-refractivity contribution >= 4 is 21.6 Å². The van der Waals surface area contributed by atoms with E-state index in [1.165, 1.54) is 12.1 Å². The van der Waals surface area contributed by atoms with Gasteiger partial charge >= 0.3 is 0 Å². The summed E-state index contributed by atoms with van der Waals surface area (Å²) in [4.78, 5) is 11.4. The highest BCUT2D eigenvalue weighted by atomic mass is 79.9. The highest BCUT2D eigenvalue weighted by Crippen LogP contribution is 2.18. The van der Waals surface area contributed by atoms with E-state index in [4.69, 9.17) is 0 Å². The summed E-state index contributed by atoms with van der Waals surface area (Å²) in [5.41, 5.74) is 0.373. The maximum Gasteiger partial charge on any atom is 0.250 e. The first-order valence-electron chi connectivity index (χ1n) is 5.51. The first-order valence-corrected chi connectivity index (χ1v) is 6.30. The topological polar surface area (TPSA) is 34.0 Å². The van der Waals surface area contributed by atoms with Gasteiger partial charge in [0.2, 0.25) is 0 Å². The normalized spacial score (nSPS) is 10.3. The minimum Gasteiger partial charge on any atom is -0.381 e. The summed E-state index contributed by atoms with van der Waals surface area (Å²) >= 11 is 3.20. The molecule has 1 N–H and O–H groups in total. The van der Waals surface area contributed by atoms with Gasteiger partial charge in [0.15, 0.2) is 0 Å². The number of rotatable bonds is 4. The van der Waals surface area contributed by atoms with Crippen molar-refractivity contribution in [1.82, 2.24) is 4.57 Å². The number of nitrogens with one attached hydrogen (secondary N) is 1. The Balaban J connectivity index is 1.97. The van der Waals surface area contributed by atoms with Crippen LogP contribution in [0.1, 0.15) is 0 Å². The molecule has 0 saturated heterocycles. The molecule has 0 unspecified atom stereocenters. The minimum atomic E-state index is -0.315. The lowest BCUT2D eigenvalue weighted by Gasteiger charge is -2.09. The maximum absolute atomic E-state index is 13.5. The molecule has 18 heavy (non-hydrogen) atoms. The second-order valence-corrected chi connectivity index (χ2v) is 4.70. The van der Waals surface area contributed by atoms with E-state index in [0.717, 1.165) is 0 Å². The zero-order chi connectivity index (χ0) is 13.0. The van der Waals surface area contributed by atoms with Crippen LogP contribution in [0.4, 0.5) is 10.1 Å². The standard InChI is InChI=1S/C13H12BrFN2O/c14-10-4-5-12(11(15)9-10)16-6-8-17-7-2-1-3-13(17)18/h1-5,7,9,16H,6,8H2. The monoisotopic (exact) mass is 310 g/mol. The van der Waals surface area contributed by atoms with Gasteiger partial charge in [-0.3, -0.25) is 4.79 Å². The van der Waals surface area contributed by atoms with Crippen LogP contribution in [-0.4, -0.2) is 11.1 Å². The molecule has 0 aliphatic heterocycles. The number of pyridine rings is 1. The van der Waals surface area contributed by atoms with Crippen LogP contribution in [0.25, 0.3) is 0 Å². The highest BCUT2D eigenvalue weighted by molar-refractivity contribution is 9.10. The van der Waals surface area contributed by atoms with Gasteiger partial charge in [-0.15, -0.1) is 0 Å². The van der Waals surface area contributed by atoms with Crippen molar-refractivity contribution < 1.29 is 4.39 Å². The molecule has 0 aliphatic rings. The quantitative estimate of drug-likeness (QED) is 0.942. The number of hydrogen-bond acceptors (Lipinski definition) is 2. The summed E-state index contributed by atoms with van der Waals surface area (Å²) in [6, 6.07) is 9.81. The molecule has 1 heterocycles. The lowest BCUT2D eigenvalue weighted by Crippen LogP contribution is -2.22. The molecular weight excluding hydrogens is 299 g/mol. The molecule has 0 saturated carbocycles. The maximum atomic E-state index is 13.5. The molecule has 5 heteroatoms. The first-order chi connectivity index (χ1) is 8.66. The summed E-state index contributed by atoms with van der Waals surface area (Å²) in [5, 5.41) is 2.96. The molecule has 2 rings (SSSR count). The van der Waals surface area contributed by atoms with Gasteiger partial charge in [0, 0.05) is 29.8 Å². The predicted octanol–water partition coefficient (Wildman–Crippen LogP) is 2.86. The number of halogens is 2. The Kier molecular flexibility index (Phi) is 4.15. The lowest BCUT2D eigenvalue weighted by atomic mass is 10.3. The van der Waals surface area contributed by atoms with Crippen LogP contribution in [0.3, 0.4) is 0 Å². The lowest BCUT2D eigenvalue weighted by molar-refractivity contribution is 0.626. The van der Waals surface area contributed by atoms with Gasteiger partial charge in [-0.1, -0.05) is 22.0 Å². The van der Waals surface area contributed by atoms with Gasteiger partial charge in [-0.2, -0.15) is 0 Å². The van der Waals surface area contributed by atoms with Crippen LogP contribution in [0.2, 0.25) is 0 Å². The average molecular weight is 311 g/mol. The molecule has 0 radical (unpaired) electrons. The van der Waals surface area contributed by atoms with Crippen molar-refractivity contribution in [3.63, 3.8) is 0 Å². The third-order valence-corrected chi connectivity index (χ3v) is 2.99. The van der Waals surface area contributed by atoms with Crippen molar-refractivity contribution in [3.05, 3.63) is 63.2 Å². The van der Waals surface area contributed by atoms with E-state index >= 15 is 0 Å². The van der Waals surface area contributed by atoms with Crippen LogP contribution in [0.15, 0.2) is 51.9 Å². The van der Waals surface area contributed by atoms with Crippen molar-refractivity contribution in [1.29, 1.82) is 0 Å². The number of anilines is 1. The van der Waals surface area contributed by atoms with Gasteiger partial charge in [-0.25, -0.2) is 4.39 Å². The van der Waals surface area contributed by atoms with Gasteiger partial charge < -0.3 is 9.88 Å². The van der Waals surface area contributed by atoms with Gasteiger partial charge in [0.25, 0.3) is 5.56 Å². The number of hydrogen-bond donors (Lipinski definition) is 1. The van der Waals surface area contributed by atoms with Crippen LogP contribution in [0.5, 0.6) is 0 Å². The Morgan fingerprint density at radius 1 is 1.28 bits per heavy atom. The SMILES string of the molecule is O=c1ccccn1CCNc1ccc(Br)cc1F. The largest absolute Gasteiger partial charge is 0.381 e. The summed E-state index contributed by atoms with van der Waals surface area (Å²) < 4.78 is 15.8. The molecule has 0 bridgehead atoms. The van der Waals surface area contributed by atoms with Crippen molar-refractivity contribution in [2.45, 2.75) is 6.54 Å². The number of nitrogens with zero attached hydrogens (tertiary/aromatic N) is 1. The Labute approximate surface area is 112 Å². The second-order valence-electron chi connectivity index (χ2n) is 3.78. The Morgan fingerprint density at radius 2 is 2.11 bits per heavy atom. The van der Waals surface area contributed by atoms with Crippen LogP contribution in [-0.2, 0) is 6.54 Å². The molecule has 94 valence electrons. The fourth-order valence-corrected chi connectivity index (χ4v) is 1.92. The van der Waals surface area contributed by atoms with E-state index < -0.39 is 0 Å². The smallest absolute Gasteiger partial charge is 0.250 e. The van der Waals surface area contributed by atoms with E-state index in [9.17, 15) is 9.18 Å². The highest BCUT2D eigenvalue weighted by Gasteiger charge is 2.01. The Bertz CT molecular complexity index is 598. The zero-order valence-corrected chi connectivity index (χ0v) is 11.2. The average Bonchev–Trinajstić information content (AvgIpc) is 2.34. The molecule has 2 aromatic rings. The third kappa shape index (κ3) is 3.20. The molecule has 3 nitrogen and oxygen atoms in total. The van der Waals surface area contributed by atoms with E-state index in [1.807, 2.05) is 0 Å². The number of benzene rings is 1. The van der Waals surface area contributed by atoms with Gasteiger partial charge in [0.05, 0.1) is 5.69 Å². The van der Waals surface area contributed by atoms with Crippen molar-refractivity contribution in [2.24, 2.45) is 0 Å². The molecule has 1 aromatic heterocycles. The minimum absolute atomic E-state index is 0.0596. The predicted molar refractivity (Wildman–Crippen MR) is 73.3 cm³/mol. The zero-order valence-electron chi connectivity index (χ0n) is 9.57. The third-order valence-electron chi connectivity index (χ3n) is 2.50. The Hall–Kier alpha value is -1.62. The van der Waals surface area contributed by atoms with E-state index in [1.54, 1.807) is 35.0 Å². The molecular formula is C13H12BrFN2O. The van der Waals surface area contributed by atoms with Crippen LogP contribution < -0.4 is 10.9 Å². The summed E-state index contributed by atoms with van der Waals surface area (Å²) in [7, 11) is 0. The van der Waals surface area contributed by atoms with Crippen molar-refractivity contribution in [2.75, 3.05) is 11.9 Å².